The maximum atomic E-state index is 13.9. The predicted molar refractivity (Wildman–Crippen MR) is 143 cm³/mol. The summed E-state index contributed by atoms with van der Waals surface area (Å²) in [6.45, 7) is 3.02. The van der Waals surface area contributed by atoms with Crippen LogP contribution in [0, 0.1) is 6.92 Å². The van der Waals surface area contributed by atoms with Crippen molar-refractivity contribution in [3.05, 3.63) is 64.8 Å². The van der Waals surface area contributed by atoms with E-state index < -0.39 is 6.09 Å². The van der Waals surface area contributed by atoms with Gasteiger partial charge in [0.25, 0.3) is 11.8 Å². The van der Waals surface area contributed by atoms with Crippen LogP contribution in [0.4, 0.5) is 4.79 Å². The molecule has 1 aliphatic carbocycles. The number of aromatic nitrogens is 3. The number of ether oxygens (including phenoxy) is 1. The van der Waals surface area contributed by atoms with Gasteiger partial charge < -0.3 is 15.0 Å². The first-order valence-corrected chi connectivity index (χ1v) is 13.7. The minimum atomic E-state index is -0.583. The average Bonchev–Trinajstić information content (AvgIpc) is 3.55. The van der Waals surface area contributed by atoms with E-state index in [-0.39, 0.29) is 17.8 Å². The van der Waals surface area contributed by atoms with Gasteiger partial charge in [0.1, 0.15) is 5.69 Å². The van der Waals surface area contributed by atoms with Crippen LogP contribution in [0.5, 0.6) is 5.88 Å². The first-order valence-electron chi connectivity index (χ1n) is 12.8. The van der Waals surface area contributed by atoms with Gasteiger partial charge in [0.2, 0.25) is 0 Å². The molecule has 1 saturated carbocycles. The number of amides is 2. The van der Waals surface area contributed by atoms with E-state index in [0.717, 1.165) is 64.0 Å². The molecule has 6 rings (SSSR count). The Morgan fingerprint density at radius 2 is 2.00 bits per heavy atom. The fourth-order valence-electron chi connectivity index (χ4n) is 4.93. The normalized spacial score (nSPS) is 17.6. The summed E-state index contributed by atoms with van der Waals surface area (Å²) in [5, 5.41) is 11.6. The van der Waals surface area contributed by atoms with Crippen LogP contribution in [-0.2, 0) is 0 Å². The second kappa shape index (κ2) is 9.97. The predicted octanol–water partition coefficient (Wildman–Crippen LogP) is 5.66. The lowest BCUT2D eigenvalue weighted by Gasteiger charge is -2.35. The summed E-state index contributed by atoms with van der Waals surface area (Å²) >= 11 is 1.65. The molecular formula is C28H29N5O3S. The molecule has 2 N–H and O–H groups in total. The number of nitrogens with one attached hydrogen (secondary N) is 2. The summed E-state index contributed by atoms with van der Waals surface area (Å²) in [4.78, 5) is 34.2. The number of rotatable bonds is 6. The number of hydrogen-bond donors (Lipinski definition) is 2. The lowest BCUT2D eigenvalue weighted by molar-refractivity contribution is 0.0607. The monoisotopic (exact) mass is 515 g/mol. The van der Waals surface area contributed by atoms with Crippen molar-refractivity contribution >= 4 is 34.2 Å². The first-order chi connectivity index (χ1) is 18.1. The van der Waals surface area contributed by atoms with Crippen molar-refractivity contribution in [3.63, 3.8) is 0 Å². The molecule has 2 fully saturated rings. The first kappa shape index (κ1) is 23.7. The van der Waals surface area contributed by atoms with E-state index in [2.05, 4.69) is 40.6 Å². The van der Waals surface area contributed by atoms with Crippen LogP contribution in [0.3, 0.4) is 0 Å². The van der Waals surface area contributed by atoms with Gasteiger partial charge in [-0.05, 0) is 56.7 Å². The highest BCUT2D eigenvalue weighted by Gasteiger charge is 2.34. The van der Waals surface area contributed by atoms with Crippen molar-refractivity contribution in [1.82, 2.24) is 25.4 Å². The minimum absolute atomic E-state index is 0.0576. The Morgan fingerprint density at radius 1 is 1.14 bits per heavy atom. The van der Waals surface area contributed by atoms with Crippen LogP contribution in [0.1, 0.15) is 59.1 Å². The number of fused-ring (bicyclic) bond motifs is 1. The molecule has 2 aromatic heterocycles. The Bertz CT molecular complexity index is 1460. The van der Waals surface area contributed by atoms with E-state index in [1.165, 1.54) is 0 Å². The molecule has 1 saturated heterocycles. The average molecular weight is 516 g/mol. The van der Waals surface area contributed by atoms with Gasteiger partial charge in [-0.1, -0.05) is 42.0 Å². The number of carbonyl (C=O) groups is 2. The van der Waals surface area contributed by atoms with Crippen molar-refractivity contribution in [1.29, 1.82) is 0 Å². The zero-order chi connectivity index (χ0) is 25.4. The Kier molecular flexibility index (Phi) is 6.38. The molecule has 2 amide bonds. The van der Waals surface area contributed by atoms with Gasteiger partial charge in [0, 0.05) is 25.0 Å². The molecular weight excluding hydrogens is 486 g/mol. The van der Waals surface area contributed by atoms with E-state index in [1.54, 1.807) is 11.3 Å². The van der Waals surface area contributed by atoms with Crippen molar-refractivity contribution in [2.24, 2.45) is 0 Å². The minimum Gasteiger partial charge on any atom is -0.389 e. The van der Waals surface area contributed by atoms with E-state index in [4.69, 9.17) is 9.72 Å². The van der Waals surface area contributed by atoms with Crippen LogP contribution in [0.15, 0.2) is 48.5 Å². The number of para-hydroxylation sites is 1. The highest BCUT2D eigenvalue weighted by molar-refractivity contribution is 7.15. The molecule has 1 aliphatic heterocycles. The number of carbonyl (C=O) groups excluding carboxylic acids is 2. The van der Waals surface area contributed by atoms with Gasteiger partial charge in [-0.2, -0.15) is 0 Å². The van der Waals surface area contributed by atoms with Crippen molar-refractivity contribution in [2.45, 2.75) is 51.0 Å². The summed E-state index contributed by atoms with van der Waals surface area (Å²) in [5.74, 6) is 0.655. The Hall–Kier alpha value is -3.72. The molecule has 9 heteroatoms. The number of H-pyrrole nitrogens is 1. The van der Waals surface area contributed by atoms with Gasteiger partial charge in [-0.3, -0.25) is 9.89 Å². The standard InChI is InChI=1S/C28H29N5O3S/c1-17-7-6-8-19(15-17)24-23(30-26(37-24)18-12-13-18)27(34)33-14-5-4-9-20(33)16-29-28(35)36-25-21-10-2-3-11-22(21)31-32-25/h2-3,6-8,10-11,15,18,20H,4-5,9,12-14,16H2,1H3,(H,29,35)(H,31,32)/t20-/m0/s1. The molecule has 190 valence electrons. The third-order valence-corrected chi connectivity index (χ3v) is 8.31. The zero-order valence-electron chi connectivity index (χ0n) is 20.7. The number of benzene rings is 2. The lowest BCUT2D eigenvalue weighted by Crippen LogP contribution is -2.50. The van der Waals surface area contributed by atoms with Crippen molar-refractivity contribution < 1.29 is 14.3 Å². The Labute approximate surface area is 219 Å². The Balaban J connectivity index is 1.19. The molecule has 4 aromatic rings. The maximum Gasteiger partial charge on any atom is 0.414 e. The molecule has 0 bridgehead atoms. The fraction of sp³-hybridized carbons (Fsp3) is 0.357. The SMILES string of the molecule is Cc1cccc(-c2sc(C3CC3)nc2C(=O)N2CCCC[C@H]2CNC(=O)Oc2n[nH]c3ccccc23)c1. The van der Waals surface area contributed by atoms with E-state index in [9.17, 15) is 9.59 Å². The zero-order valence-corrected chi connectivity index (χ0v) is 21.5. The quantitative estimate of drug-likeness (QED) is 0.345. The number of aromatic amines is 1. The molecule has 1 atom stereocenters. The van der Waals surface area contributed by atoms with Gasteiger partial charge >= 0.3 is 6.09 Å². The smallest absolute Gasteiger partial charge is 0.389 e. The van der Waals surface area contributed by atoms with Crippen molar-refractivity contribution in [2.75, 3.05) is 13.1 Å². The third kappa shape index (κ3) is 4.96. The van der Waals surface area contributed by atoms with Gasteiger partial charge in [0.15, 0.2) is 0 Å². The number of nitrogens with zero attached hydrogens (tertiary/aromatic N) is 3. The maximum absolute atomic E-state index is 13.9. The Morgan fingerprint density at radius 3 is 2.84 bits per heavy atom. The van der Waals surface area contributed by atoms with E-state index in [1.807, 2.05) is 35.2 Å². The second-order valence-corrected chi connectivity index (χ2v) is 10.9. The van der Waals surface area contributed by atoms with Gasteiger partial charge in [-0.15, -0.1) is 16.4 Å². The molecule has 2 aromatic carbocycles. The number of likely N-dealkylation sites (tertiary alicyclic amines) is 1. The van der Waals surface area contributed by atoms with E-state index in [0.29, 0.717) is 24.7 Å². The topological polar surface area (TPSA) is 100 Å². The summed E-state index contributed by atoms with van der Waals surface area (Å²) in [5.41, 5.74) is 3.53. The molecule has 0 unspecified atom stereocenters. The van der Waals surface area contributed by atoms with Crippen molar-refractivity contribution in [3.8, 4) is 16.3 Å². The van der Waals surface area contributed by atoms with Crippen LogP contribution >= 0.6 is 11.3 Å². The van der Waals surface area contributed by atoms with Gasteiger partial charge in [-0.25, -0.2) is 9.78 Å². The second-order valence-electron chi connectivity index (χ2n) is 9.87. The van der Waals surface area contributed by atoms with Crippen LogP contribution in [-0.4, -0.2) is 51.2 Å². The molecule has 0 radical (unpaired) electrons. The molecule has 8 nitrogen and oxygen atoms in total. The molecule has 37 heavy (non-hydrogen) atoms. The number of hydrogen-bond acceptors (Lipinski definition) is 6. The van der Waals surface area contributed by atoms with Crippen LogP contribution < -0.4 is 10.1 Å². The van der Waals surface area contributed by atoms with E-state index >= 15 is 0 Å². The number of aryl methyl sites for hydroxylation is 1. The van der Waals surface area contributed by atoms with Crippen LogP contribution in [0.25, 0.3) is 21.3 Å². The summed E-state index contributed by atoms with van der Waals surface area (Å²) < 4.78 is 5.46. The molecule has 2 aliphatic rings. The molecule has 3 heterocycles. The lowest BCUT2D eigenvalue weighted by atomic mass is 10.0. The summed E-state index contributed by atoms with van der Waals surface area (Å²) in [6, 6.07) is 15.6. The number of piperidine rings is 1. The third-order valence-electron chi connectivity index (χ3n) is 7.05. The van der Waals surface area contributed by atoms with Gasteiger partial charge in [0.05, 0.1) is 20.8 Å². The van der Waals surface area contributed by atoms with Crippen LogP contribution in [0.2, 0.25) is 0 Å². The fourth-order valence-corrected chi connectivity index (χ4v) is 6.15. The highest BCUT2D eigenvalue weighted by Crippen LogP contribution is 2.45. The molecule has 0 spiro atoms. The summed E-state index contributed by atoms with van der Waals surface area (Å²) in [6.07, 6.45) is 4.45. The summed E-state index contributed by atoms with van der Waals surface area (Å²) in [7, 11) is 0. The highest BCUT2D eigenvalue weighted by atomic mass is 32.1. The number of thiazole rings is 1. The largest absolute Gasteiger partial charge is 0.414 e.